The molecule has 2 aliphatic rings. The minimum Gasteiger partial charge on any atom is -0.354 e. The van der Waals surface area contributed by atoms with Gasteiger partial charge in [0.15, 0.2) is 0 Å². The average Bonchev–Trinajstić information content (AvgIpc) is 4.02. The van der Waals surface area contributed by atoms with Crippen molar-refractivity contribution in [3.05, 3.63) is 162 Å². The van der Waals surface area contributed by atoms with Crippen molar-refractivity contribution in [1.29, 1.82) is 0 Å². The van der Waals surface area contributed by atoms with Crippen molar-refractivity contribution in [1.82, 2.24) is 19.9 Å². The monoisotopic (exact) mass is 655 g/mol. The number of hydrogen-bond donors (Lipinski definition) is 2. The summed E-state index contributed by atoms with van der Waals surface area (Å²) < 4.78 is 0. The lowest BCUT2D eigenvalue weighted by molar-refractivity contribution is 0.565. The lowest BCUT2D eigenvalue weighted by atomic mass is 10.0. The van der Waals surface area contributed by atoms with Crippen molar-refractivity contribution >= 4 is 58.1 Å². The summed E-state index contributed by atoms with van der Waals surface area (Å²) in [4.78, 5) is 33.0. The van der Waals surface area contributed by atoms with Crippen molar-refractivity contribution in [2.24, 2.45) is 4.99 Å². The molecular formula is C45H29N5O. The lowest BCUT2D eigenvalue weighted by Gasteiger charge is -2.07. The summed E-state index contributed by atoms with van der Waals surface area (Å²) in [5.41, 5.74) is 15.7. The highest BCUT2D eigenvalue weighted by Gasteiger charge is 2.18. The maximum absolute atomic E-state index is 11.0. The van der Waals surface area contributed by atoms with E-state index < -0.39 is 0 Å². The Balaban J connectivity index is 1.46. The van der Waals surface area contributed by atoms with Crippen LogP contribution < -0.4 is 0 Å². The second-order valence-electron chi connectivity index (χ2n) is 12.4. The van der Waals surface area contributed by atoms with Gasteiger partial charge in [-0.05, 0) is 83.0 Å². The van der Waals surface area contributed by atoms with Crippen LogP contribution in [-0.2, 0) is 4.79 Å². The van der Waals surface area contributed by atoms with E-state index in [-0.39, 0.29) is 0 Å². The molecule has 0 unspecified atom stereocenters. The van der Waals surface area contributed by atoms with Gasteiger partial charge in [-0.1, -0.05) is 103 Å². The van der Waals surface area contributed by atoms with Crippen LogP contribution in [0.5, 0.6) is 0 Å². The van der Waals surface area contributed by atoms with E-state index in [4.69, 9.17) is 9.97 Å². The van der Waals surface area contributed by atoms with E-state index in [0.717, 1.165) is 89.4 Å². The summed E-state index contributed by atoms with van der Waals surface area (Å²) in [5.74, 6) is 0. The molecule has 4 aromatic carbocycles. The van der Waals surface area contributed by atoms with E-state index in [1.54, 1.807) is 6.08 Å². The predicted octanol–water partition coefficient (Wildman–Crippen LogP) is 11.3. The zero-order valence-corrected chi connectivity index (χ0v) is 27.3. The zero-order chi connectivity index (χ0) is 34.1. The van der Waals surface area contributed by atoms with Crippen molar-refractivity contribution in [2.75, 3.05) is 0 Å². The number of nitrogens with one attached hydrogen (secondary N) is 2. The van der Waals surface area contributed by atoms with Crippen LogP contribution >= 0.6 is 0 Å². The van der Waals surface area contributed by atoms with Crippen LogP contribution in [-0.4, -0.2) is 26.0 Å². The molecule has 8 bridgehead atoms. The first kappa shape index (κ1) is 30.0. The van der Waals surface area contributed by atoms with Crippen LogP contribution in [0.3, 0.4) is 0 Å². The molecule has 2 N–H and O–H groups in total. The number of rotatable bonds is 5. The highest BCUT2D eigenvalue weighted by Crippen LogP contribution is 2.38. The standard InChI is InChI=1S/C45H29N5O/c51-28-46-33-18-16-32(17-19-33)45-40-26-24-38(49-40)43(30-12-6-2-7-13-30)36-22-20-34(47-36)42(29-10-4-1-5-11-29)35-21-23-37(48-35)44(31-14-8-3-9-15-31)39-25-27-41(45)50-39/h1-27,47,50H. The molecule has 0 radical (unpaired) electrons. The first-order valence-corrected chi connectivity index (χ1v) is 16.7. The first-order chi connectivity index (χ1) is 25.2. The van der Waals surface area contributed by atoms with Gasteiger partial charge in [-0.15, -0.1) is 0 Å². The summed E-state index contributed by atoms with van der Waals surface area (Å²) >= 11 is 0. The van der Waals surface area contributed by atoms with Crippen molar-refractivity contribution in [2.45, 2.75) is 0 Å². The Morgan fingerprint density at radius 2 is 0.706 bits per heavy atom. The normalized spacial score (nSPS) is 11.8. The molecule has 6 nitrogen and oxygen atoms in total. The number of nitrogens with zero attached hydrogens (tertiary/aromatic N) is 3. The number of hydrogen-bond acceptors (Lipinski definition) is 4. The Morgan fingerprint density at radius 3 is 1.02 bits per heavy atom. The highest BCUT2D eigenvalue weighted by molar-refractivity contribution is 5.99. The molecule has 240 valence electrons. The molecule has 6 heteroatoms. The number of benzene rings is 4. The molecule has 0 saturated heterocycles. The Labute approximate surface area is 293 Å². The lowest BCUT2D eigenvalue weighted by Crippen LogP contribution is -1.89. The van der Waals surface area contributed by atoms with Crippen LogP contribution in [0.1, 0.15) is 22.8 Å². The van der Waals surface area contributed by atoms with Crippen molar-refractivity contribution in [3.8, 4) is 44.5 Å². The van der Waals surface area contributed by atoms with Crippen LogP contribution in [0, 0.1) is 0 Å². The number of aromatic nitrogens is 4. The Bertz CT molecular complexity index is 2680. The van der Waals surface area contributed by atoms with Gasteiger partial charge in [0.25, 0.3) is 0 Å². The van der Waals surface area contributed by atoms with Gasteiger partial charge >= 0.3 is 0 Å². The number of aliphatic imine (C=N–C) groups is 1. The number of aromatic amines is 2. The topological polar surface area (TPSA) is 86.8 Å². The molecule has 0 atom stereocenters. The number of carbonyl (C=O) groups excluding carboxylic acids is 1. The van der Waals surface area contributed by atoms with Crippen LogP contribution in [0.2, 0.25) is 0 Å². The first-order valence-electron chi connectivity index (χ1n) is 16.7. The molecule has 5 heterocycles. The SMILES string of the molecule is O=C=Nc1ccc(-c2c3nc(c(-c4ccccc4)c4ccc([nH]4)c(-c4ccccc4)c4nc(c(-c5ccccc5)c5ccc2[nH]5)C=C4)C=C3)cc1. The average molecular weight is 656 g/mol. The Morgan fingerprint density at radius 1 is 0.392 bits per heavy atom. The van der Waals surface area contributed by atoms with Gasteiger partial charge in [-0.3, -0.25) is 0 Å². The van der Waals surface area contributed by atoms with Gasteiger partial charge in [-0.25, -0.2) is 14.8 Å². The molecule has 0 saturated carbocycles. The van der Waals surface area contributed by atoms with Gasteiger partial charge < -0.3 is 9.97 Å². The fraction of sp³-hybridized carbons (Fsp3) is 0. The van der Waals surface area contributed by atoms with Gasteiger partial charge in [0.05, 0.1) is 28.5 Å². The number of fused-ring (bicyclic) bond motifs is 8. The van der Waals surface area contributed by atoms with Crippen LogP contribution in [0.15, 0.2) is 145 Å². The molecule has 51 heavy (non-hydrogen) atoms. The molecule has 7 aromatic rings. The Hall–Kier alpha value is -7.14. The highest BCUT2D eigenvalue weighted by atomic mass is 16.1. The van der Waals surface area contributed by atoms with E-state index in [0.29, 0.717) is 5.69 Å². The van der Waals surface area contributed by atoms with Crippen LogP contribution in [0.25, 0.3) is 90.9 Å². The van der Waals surface area contributed by atoms with Crippen molar-refractivity contribution < 1.29 is 4.79 Å². The minimum atomic E-state index is 0.539. The molecule has 3 aromatic heterocycles. The molecule has 2 aliphatic heterocycles. The predicted molar refractivity (Wildman–Crippen MR) is 208 cm³/mol. The van der Waals surface area contributed by atoms with Gasteiger partial charge in [0, 0.05) is 44.3 Å². The third-order valence-electron chi connectivity index (χ3n) is 9.27. The summed E-state index contributed by atoms with van der Waals surface area (Å²) in [6.07, 6.45) is 10.0. The van der Waals surface area contributed by atoms with Crippen molar-refractivity contribution in [3.63, 3.8) is 0 Å². The Kier molecular flexibility index (Phi) is 7.47. The quantitative estimate of drug-likeness (QED) is 0.143. The summed E-state index contributed by atoms with van der Waals surface area (Å²) in [5, 5.41) is 0. The molecule has 0 spiro atoms. The van der Waals surface area contributed by atoms with E-state index >= 15 is 0 Å². The molecule has 0 amide bonds. The largest absolute Gasteiger partial charge is 0.354 e. The summed E-state index contributed by atoms with van der Waals surface area (Å²) in [6, 6.07) is 47.2. The van der Waals surface area contributed by atoms with E-state index in [2.05, 4.69) is 112 Å². The fourth-order valence-corrected chi connectivity index (χ4v) is 6.99. The number of H-pyrrole nitrogens is 2. The third kappa shape index (κ3) is 5.52. The number of isocyanates is 1. The van der Waals surface area contributed by atoms with Crippen LogP contribution in [0.4, 0.5) is 5.69 Å². The molecule has 9 rings (SSSR count). The maximum atomic E-state index is 11.0. The summed E-state index contributed by atoms with van der Waals surface area (Å²) in [6.45, 7) is 0. The second-order valence-corrected chi connectivity index (χ2v) is 12.4. The molecule has 0 fully saturated rings. The van der Waals surface area contributed by atoms with E-state index in [1.807, 2.05) is 66.7 Å². The summed E-state index contributed by atoms with van der Waals surface area (Å²) in [7, 11) is 0. The van der Waals surface area contributed by atoms with Gasteiger partial charge in [0.1, 0.15) is 0 Å². The minimum absolute atomic E-state index is 0.539. The second kappa shape index (κ2) is 12.7. The maximum Gasteiger partial charge on any atom is 0.240 e. The zero-order valence-electron chi connectivity index (χ0n) is 27.3. The molecule has 0 aliphatic carbocycles. The van der Waals surface area contributed by atoms with Gasteiger partial charge in [0.2, 0.25) is 6.08 Å². The van der Waals surface area contributed by atoms with E-state index in [1.165, 1.54) is 0 Å². The third-order valence-corrected chi connectivity index (χ3v) is 9.27. The fourth-order valence-electron chi connectivity index (χ4n) is 6.99. The van der Waals surface area contributed by atoms with Gasteiger partial charge in [-0.2, -0.15) is 4.99 Å². The smallest absolute Gasteiger partial charge is 0.240 e. The molecular weight excluding hydrogens is 627 g/mol. The van der Waals surface area contributed by atoms with E-state index in [9.17, 15) is 4.79 Å².